The molecule has 158 valence electrons. The molecule has 1 saturated heterocycles. The minimum atomic E-state index is 0.219. The van der Waals surface area contributed by atoms with Crippen molar-refractivity contribution < 1.29 is 9.53 Å². The standard InChI is InChI=1S/C25H31N3O2/c1-3-28(17-19-7-5-4-6-8-19)25(29)18-27-13-11-20(12-14-27)23-16-26-24-10-9-21(30-2)15-22(23)24/h4-10,15-16,20,26H,3,11-14,17-18H2,1-2H3. The minimum Gasteiger partial charge on any atom is -0.497 e. The predicted octanol–water partition coefficient (Wildman–Crippen LogP) is 4.40. The number of likely N-dealkylation sites (tertiary alicyclic amines) is 1. The van der Waals surface area contributed by atoms with Gasteiger partial charge in [-0.05, 0) is 68.1 Å². The lowest BCUT2D eigenvalue weighted by atomic mass is 9.89. The molecule has 0 atom stereocenters. The quantitative estimate of drug-likeness (QED) is 0.634. The van der Waals surface area contributed by atoms with Crippen LogP contribution in [0.15, 0.2) is 54.7 Å². The van der Waals surface area contributed by atoms with Crippen LogP contribution in [0, 0.1) is 0 Å². The number of hydrogen-bond donors (Lipinski definition) is 1. The van der Waals surface area contributed by atoms with Crippen LogP contribution in [0.25, 0.3) is 10.9 Å². The second-order valence-corrected chi connectivity index (χ2v) is 8.10. The number of fused-ring (bicyclic) bond motifs is 1. The third-order valence-corrected chi connectivity index (χ3v) is 6.26. The summed E-state index contributed by atoms with van der Waals surface area (Å²) in [5, 5.41) is 1.25. The number of ether oxygens (including phenoxy) is 1. The number of hydrogen-bond acceptors (Lipinski definition) is 3. The van der Waals surface area contributed by atoms with Crippen LogP contribution >= 0.6 is 0 Å². The van der Waals surface area contributed by atoms with E-state index >= 15 is 0 Å². The van der Waals surface area contributed by atoms with Gasteiger partial charge in [-0.25, -0.2) is 0 Å². The molecule has 0 aliphatic carbocycles. The molecule has 1 aliphatic rings. The zero-order valence-electron chi connectivity index (χ0n) is 17.9. The molecule has 0 unspecified atom stereocenters. The number of likely N-dealkylation sites (N-methyl/N-ethyl adjacent to an activating group) is 1. The fourth-order valence-electron chi connectivity index (χ4n) is 4.46. The van der Waals surface area contributed by atoms with Crippen molar-refractivity contribution in [1.82, 2.24) is 14.8 Å². The van der Waals surface area contributed by atoms with Crippen molar-refractivity contribution in [3.05, 3.63) is 65.9 Å². The highest BCUT2D eigenvalue weighted by Gasteiger charge is 2.25. The predicted molar refractivity (Wildman–Crippen MR) is 121 cm³/mol. The van der Waals surface area contributed by atoms with Crippen LogP contribution in [0.3, 0.4) is 0 Å². The van der Waals surface area contributed by atoms with Crippen LogP contribution in [0.5, 0.6) is 5.75 Å². The van der Waals surface area contributed by atoms with Gasteiger partial charge in [-0.3, -0.25) is 9.69 Å². The van der Waals surface area contributed by atoms with E-state index in [4.69, 9.17) is 4.74 Å². The number of carbonyl (C=O) groups is 1. The Labute approximate surface area is 178 Å². The second-order valence-electron chi connectivity index (χ2n) is 8.10. The first-order valence-corrected chi connectivity index (χ1v) is 10.9. The number of aromatic amines is 1. The SMILES string of the molecule is CCN(Cc1ccccc1)C(=O)CN1CCC(c2c[nH]c3ccc(OC)cc23)CC1. The monoisotopic (exact) mass is 405 g/mol. The number of nitrogens with one attached hydrogen (secondary N) is 1. The van der Waals surface area contributed by atoms with Crippen LogP contribution in [0.1, 0.15) is 36.8 Å². The van der Waals surface area contributed by atoms with E-state index in [1.54, 1.807) is 7.11 Å². The largest absolute Gasteiger partial charge is 0.497 e. The maximum atomic E-state index is 12.9. The molecule has 2 heterocycles. The van der Waals surface area contributed by atoms with Crippen molar-refractivity contribution >= 4 is 16.8 Å². The van der Waals surface area contributed by atoms with E-state index in [0.717, 1.165) is 43.7 Å². The summed E-state index contributed by atoms with van der Waals surface area (Å²) in [6.45, 7) is 5.89. The topological polar surface area (TPSA) is 48.6 Å². The molecule has 1 N–H and O–H groups in total. The summed E-state index contributed by atoms with van der Waals surface area (Å²) in [5.41, 5.74) is 3.71. The van der Waals surface area contributed by atoms with Gasteiger partial charge >= 0.3 is 0 Å². The fourth-order valence-corrected chi connectivity index (χ4v) is 4.46. The van der Waals surface area contributed by atoms with Gasteiger partial charge in [0, 0.05) is 30.2 Å². The van der Waals surface area contributed by atoms with Gasteiger partial charge in [-0.2, -0.15) is 0 Å². The molecule has 0 spiro atoms. The molecule has 4 rings (SSSR count). The van der Waals surface area contributed by atoms with Gasteiger partial charge in [-0.1, -0.05) is 30.3 Å². The summed E-state index contributed by atoms with van der Waals surface area (Å²) in [7, 11) is 1.71. The van der Waals surface area contributed by atoms with Crippen molar-refractivity contribution in [2.75, 3.05) is 33.3 Å². The Kier molecular flexibility index (Phi) is 6.38. The lowest BCUT2D eigenvalue weighted by Crippen LogP contribution is -2.42. The molecule has 5 nitrogen and oxygen atoms in total. The molecular formula is C25H31N3O2. The van der Waals surface area contributed by atoms with Crippen molar-refractivity contribution in [3.8, 4) is 5.75 Å². The first-order chi connectivity index (χ1) is 14.7. The van der Waals surface area contributed by atoms with E-state index in [9.17, 15) is 4.79 Å². The van der Waals surface area contributed by atoms with E-state index in [-0.39, 0.29) is 5.91 Å². The number of rotatable bonds is 7. The molecule has 1 aromatic heterocycles. The zero-order valence-corrected chi connectivity index (χ0v) is 17.9. The third-order valence-electron chi connectivity index (χ3n) is 6.26. The summed E-state index contributed by atoms with van der Waals surface area (Å²) < 4.78 is 5.41. The molecule has 0 bridgehead atoms. The Morgan fingerprint density at radius 3 is 2.63 bits per heavy atom. The molecule has 1 fully saturated rings. The first-order valence-electron chi connectivity index (χ1n) is 10.9. The molecule has 5 heteroatoms. The molecular weight excluding hydrogens is 374 g/mol. The van der Waals surface area contributed by atoms with E-state index in [1.807, 2.05) is 29.2 Å². The van der Waals surface area contributed by atoms with Gasteiger partial charge in [0.25, 0.3) is 0 Å². The highest BCUT2D eigenvalue weighted by Crippen LogP contribution is 2.34. The fraction of sp³-hybridized carbons (Fsp3) is 0.400. The van der Waals surface area contributed by atoms with Gasteiger partial charge in [0.15, 0.2) is 0 Å². The van der Waals surface area contributed by atoms with Crippen molar-refractivity contribution in [1.29, 1.82) is 0 Å². The average Bonchev–Trinajstić information content (AvgIpc) is 3.21. The molecule has 0 radical (unpaired) electrons. The Bertz CT molecular complexity index is 974. The zero-order chi connectivity index (χ0) is 20.9. The maximum absolute atomic E-state index is 12.9. The smallest absolute Gasteiger partial charge is 0.237 e. The maximum Gasteiger partial charge on any atom is 0.237 e. The normalized spacial score (nSPS) is 15.4. The van der Waals surface area contributed by atoms with E-state index < -0.39 is 0 Å². The van der Waals surface area contributed by atoms with Gasteiger partial charge in [0.05, 0.1) is 13.7 Å². The Morgan fingerprint density at radius 1 is 1.17 bits per heavy atom. The number of carbonyl (C=O) groups excluding carboxylic acids is 1. The van der Waals surface area contributed by atoms with Crippen molar-refractivity contribution in [2.45, 2.75) is 32.2 Å². The highest BCUT2D eigenvalue weighted by atomic mass is 16.5. The van der Waals surface area contributed by atoms with Crippen molar-refractivity contribution in [2.24, 2.45) is 0 Å². The van der Waals surface area contributed by atoms with Gasteiger partial charge < -0.3 is 14.6 Å². The summed E-state index contributed by atoms with van der Waals surface area (Å²) in [4.78, 5) is 20.5. The van der Waals surface area contributed by atoms with Crippen LogP contribution < -0.4 is 4.74 Å². The first kappa shape index (κ1) is 20.5. The number of amides is 1. The summed E-state index contributed by atoms with van der Waals surface area (Å²) >= 11 is 0. The van der Waals surface area contributed by atoms with Crippen LogP contribution in [-0.4, -0.2) is 54.0 Å². The Hall–Kier alpha value is -2.79. The van der Waals surface area contributed by atoms with Crippen LogP contribution in [0.2, 0.25) is 0 Å². The van der Waals surface area contributed by atoms with Crippen LogP contribution in [-0.2, 0) is 11.3 Å². The highest BCUT2D eigenvalue weighted by molar-refractivity contribution is 5.85. The van der Waals surface area contributed by atoms with E-state index in [0.29, 0.717) is 19.0 Å². The van der Waals surface area contributed by atoms with Gasteiger partial charge in [0.2, 0.25) is 5.91 Å². The third kappa shape index (κ3) is 4.51. The number of piperidine rings is 1. The Balaban J connectivity index is 1.35. The van der Waals surface area contributed by atoms with Crippen LogP contribution in [0.4, 0.5) is 0 Å². The number of benzene rings is 2. The average molecular weight is 406 g/mol. The summed E-state index contributed by atoms with van der Waals surface area (Å²) in [6, 6.07) is 16.4. The molecule has 2 aromatic carbocycles. The molecule has 1 aliphatic heterocycles. The number of H-pyrrole nitrogens is 1. The van der Waals surface area contributed by atoms with Gasteiger partial charge in [-0.15, -0.1) is 0 Å². The van der Waals surface area contributed by atoms with E-state index in [1.165, 1.54) is 16.5 Å². The molecule has 30 heavy (non-hydrogen) atoms. The minimum absolute atomic E-state index is 0.219. The molecule has 0 saturated carbocycles. The Morgan fingerprint density at radius 2 is 1.93 bits per heavy atom. The van der Waals surface area contributed by atoms with Gasteiger partial charge in [0.1, 0.15) is 5.75 Å². The number of nitrogens with zero attached hydrogens (tertiary/aromatic N) is 2. The van der Waals surface area contributed by atoms with E-state index in [2.05, 4.69) is 47.3 Å². The number of aromatic nitrogens is 1. The lowest BCUT2D eigenvalue weighted by molar-refractivity contribution is -0.133. The van der Waals surface area contributed by atoms with Crippen molar-refractivity contribution in [3.63, 3.8) is 0 Å². The molecule has 1 amide bonds. The summed E-state index contributed by atoms with van der Waals surface area (Å²) in [6.07, 6.45) is 4.29. The summed E-state index contributed by atoms with van der Waals surface area (Å²) in [5.74, 6) is 1.63. The lowest BCUT2D eigenvalue weighted by Gasteiger charge is -2.33. The number of methoxy groups -OCH3 is 1. The second kappa shape index (κ2) is 9.35. The molecule has 3 aromatic rings.